The Morgan fingerprint density at radius 2 is 2.05 bits per heavy atom. The second kappa shape index (κ2) is 7.80. The Morgan fingerprint density at radius 1 is 1.32 bits per heavy atom. The molecular weight excluding hydrogens is 301 g/mol. The molecule has 0 aliphatic carbocycles. The summed E-state index contributed by atoms with van der Waals surface area (Å²) in [5, 5.41) is 0.304. The second-order valence-corrected chi connectivity index (χ2v) is 5.04. The van der Waals surface area contributed by atoms with Gasteiger partial charge in [0.1, 0.15) is 17.9 Å². The van der Waals surface area contributed by atoms with Crippen LogP contribution in [0.4, 0.5) is 4.39 Å². The van der Waals surface area contributed by atoms with Gasteiger partial charge in [0.05, 0.1) is 11.4 Å². The van der Waals surface area contributed by atoms with Crippen molar-refractivity contribution >= 4 is 34.5 Å². The molecule has 0 spiro atoms. The zero-order valence-electron chi connectivity index (χ0n) is 12.6. The molecule has 22 heavy (non-hydrogen) atoms. The Morgan fingerprint density at radius 3 is 2.68 bits per heavy atom. The molecule has 1 aromatic carbocycles. The summed E-state index contributed by atoms with van der Waals surface area (Å²) in [5.41, 5.74) is 2.76. The lowest BCUT2D eigenvalue weighted by molar-refractivity contribution is 0.627. The van der Waals surface area contributed by atoms with Crippen LogP contribution in [0.2, 0.25) is 0 Å². The van der Waals surface area contributed by atoms with E-state index in [1.165, 1.54) is 18.5 Å². The molecule has 1 heterocycles. The summed E-state index contributed by atoms with van der Waals surface area (Å²) in [6, 6.07) is 6.17. The Balaban J connectivity index is 2.40. The Labute approximate surface area is 134 Å². The quantitative estimate of drug-likeness (QED) is 0.750. The van der Waals surface area contributed by atoms with Gasteiger partial charge in [-0.2, -0.15) is 0 Å². The highest BCUT2D eigenvalue weighted by Gasteiger charge is 2.16. The first-order chi connectivity index (χ1) is 10.7. The summed E-state index contributed by atoms with van der Waals surface area (Å²) in [7, 11) is 0. The fourth-order valence-electron chi connectivity index (χ4n) is 1.94. The second-order valence-electron chi connectivity index (χ2n) is 4.68. The predicted molar refractivity (Wildman–Crippen MR) is 92.3 cm³/mol. The van der Waals surface area contributed by atoms with Crippen LogP contribution in [0.3, 0.4) is 0 Å². The molecule has 0 saturated heterocycles. The van der Waals surface area contributed by atoms with Gasteiger partial charge >= 0.3 is 0 Å². The number of unbranched alkanes of at least 4 members (excludes halogenated alkanes) is 1. The third-order valence-electron chi connectivity index (χ3n) is 3.08. The summed E-state index contributed by atoms with van der Waals surface area (Å²) in [5.74, 6) is -0.280. The summed E-state index contributed by atoms with van der Waals surface area (Å²) in [6.07, 6.45) is 7.16. The van der Waals surface area contributed by atoms with Crippen molar-refractivity contribution in [2.75, 3.05) is 0 Å². The Bertz CT molecular complexity index is 682. The van der Waals surface area contributed by atoms with E-state index in [9.17, 15) is 4.39 Å². The van der Waals surface area contributed by atoms with Crippen LogP contribution in [-0.2, 0) is 0 Å². The number of hydrogen-bond donors (Lipinski definition) is 0. The van der Waals surface area contributed by atoms with Crippen molar-refractivity contribution in [3.8, 4) is 0 Å². The van der Waals surface area contributed by atoms with Crippen LogP contribution in [0.5, 0.6) is 0 Å². The van der Waals surface area contributed by atoms with Gasteiger partial charge in [0.2, 0.25) is 0 Å². The Hall–Kier alpha value is -2.07. The van der Waals surface area contributed by atoms with Gasteiger partial charge in [0, 0.05) is 0 Å². The molecule has 1 aromatic rings. The highest BCUT2D eigenvalue weighted by molar-refractivity contribution is 6.86. The van der Waals surface area contributed by atoms with Crippen LogP contribution < -0.4 is 0 Å². The molecule has 0 unspecified atom stereocenters. The van der Waals surface area contributed by atoms with Crippen molar-refractivity contribution < 1.29 is 4.39 Å². The number of rotatable bonds is 4. The molecule has 0 atom stereocenters. The van der Waals surface area contributed by atoms with Crippen LogP contribution >= 0.6 is 11.6 Å². The first-order valence-electron chi connectivity index (χ1n) is 7.13. The van der Waals surface area contributed by atoms with E-state index in [2.05, 4.69) is 21.9 Å². The van der Waals surface area contributed by atoms with Crippen LogP contribution in [0, 0.1) is 5.82 Å². The van der Waals surface area contributed by atoms with Gasteiger partial charge in [-0.05, 0) is 43.2 Å². The SMILES string of the molecule is C\C=C(/N=C1\C(Cl)=NC=N\C1=C/CCC)c1ccc(F)cc1. The van der Waals surface area contributed by atoms with Crippen molar-refractivity contribution in [3.63, 3.8) is 0 Å². The van der Waals surface area contributed by atoms with Gasteiger partial charge in [0.25, 0.3) is 0 Å². The average Bonchev–Trinajstić information content (AvgIpc) is 2.53. The molecule has 1 aliphatic heterocycles. The summed E-state index contributed by atoms with van der Waals surface area (Å²) < 4.78 is 13.1. The molecule has 0 saturated carbocycles. The van der Waals surface area contributed by atoms with Crippen molar-refractivity contribution in [1.82, 2.24) is 0 Å². The third-order valence-corrected chi connectivity index (χ3v) is 3.35. The van der Waals surface area contributed by atoms with Crippen LogP contribution in [0.15, 0.2) is 57.1 Å². The molecular formula is C17H17ClFN3. The molecule has 0 amide bonds. The third kappa shape index (κ3) is 3.98. The van der Waals surface area contributed by atoms with E-state index >= 15 is 0 Å². The van der Waals surface area contributed by atoms with Gasteiger partial charge in [-0.15, -0.1) is 0 Å². The maximum Gasteiger partial charge on any atom is 0.158 e. The standard InChI is InChI=1S/C17H17ClFN3/c1-3-5-6-15-16(17(18)21-11-20-15)22-14(4-2)12-7-9-13(19)10-8-12/h4,6-11H,3,5H2,1-2H3/b14-4-,15-6-,22-16-. The van der Waals surface area contributed by atoms with Crippen molar-refractivity contribution in [2.45, 2.75) is 26.7 Å². The minimum Gasteiger partial charge on any atom is -0.243 e. The molecule has 0 aromatic heterocycles. The van der Waals surface area contributed by atoms with Crippen molar-refractivity contribution in [3.05, 3.63) is 53.5 Å². The van der Waals surface area contributed by atoms with E-state index in [0.29, 0.717) is 22.3 Å². The molecule has 0 fully saturated rings. The first kappa shape index (κ1) is 16.3. The molecule has 2 rings (SSSR count). The lowest BCUT2D eigenvalue weighted by atomic mass is 10.1. The lowest BCUT2D eigenvalue weighted by Gasteiger charge is -2.10. The number of aliphatic imine (C=N–C) groups is 3. The zero-order chi connectivity index (χ0) is 15.9. The predicted octanol–water partition coefficient (Wildman–Crippen LogP) is 4.99. The summed E-state index contributed by atoms with van der Waals surface area (Å²) >= 11 is 6.17. The topological polar surface area (TPSA) is 37.1 Å². The van der Waals surface area contributed by atoms with Crippen LogP contribution in [0.1, 0.15) is 32.3 Å². The van der Waals surface area contributed by atoms with Crippen molar-refractivity contribution in [2.24, 2.45) is 15.0 Å². The normalized spacial score (nSPS) is 18.9. The molecule has 5 heteroatoms. The van der Waals surface area contributed by atoms with Gasteiger partial charge in [-0.3, -0.25) is 0 Å². The molecule has 1 aliphatic rings. The largest absolute Gasteiger partial charge is 0.243 e. The summed E-state index contributed by atoms with van der Waals surface area (Å²) in [6.45, 7) is 3.96. The van der Waals surface area contributed by atoms with E-state index in [1.807, 2.05) is 19.1 Å². The molecule has 0 radical (unpaired) electrons. The monoisotopic (exact) mass is 317 g/mol. The molecule has 114 valence electrons. The minimum absolute atomic E-state index is 0.280. The number of halogens is 2. The number of hydrogen-bond acceptors (Lipinski definition) is 3. The minimum atomic E-state index is -0.280. The number of allylic oxidation sites excluding steroid dienone is 3. The van der Waals surface area contributed by atoms with Gasteiger partial charge in [0.15, 0.2) is 5.17 Å². The van der Waals surface area contributed by atoms with Gasteiger partial charge in [-0.25, -0.2) is 19.4 Å². The molecule has 0 N–H and O–H groups in total. The van der Waals surface area contributed by atoms with E-state index in [4.69, 9.17) is 11.6 Å². The fraction of sp³-hybridized carbons (Fsp3) is 0.235. The zero-order valence-corrected chi connectivity index (χ0v) is 13.3. The number of benzene rings is 1. The molecule has 3 nitrogen and oxygen atoms in total. The number of nitrogens with zero attached hydrogens (tertiary/aromatic N) is 3. The van der Waals surface area contributed by atoms with E-state index < -0.39 is 0 Å². The fourth-order valence-corrected chi connectivity index (χ4v) is 2.12. The first-order valence-corrected chi connectivity index (χ1v) is 7.51. The molecule has 0 bridgehead atoms. The highest BCUT2D eigenvalue weighted by atomic mass is 35.5. The smallest absolute Gasteiger partial charge is 0.158 e. The average molecular weight is 318 g/mol. The Kier molecular flexibility index (Phi) is 5.78. The van der Waals surface area contributed by atoms with Crippen LogP contribution in [0.25, 0.3) is 5.70 Å². The van der Waals surface area contributed by atoms with Gasteiger partial charge < -0.3 is 0 Å². The maximum atomic E-state index is 13.1. The van der Waals surface area contributed by atoms with Crippen LogP contribution in [-0.4, -0.2) is 17.2 Å². The maximum absolute atomic E-state index is 13.1. The summed E-state index contributed by atoms with van der Waals surface area (Å²) in [4.78, 5) is 12.8. The van der Waals surface area contributed by atoms with E-state index in [-0.39, 0.29) is 5.82 Å². The lowest BCUT2D eigenvalue weighted by Crippen LogP contribution is -2.14. The highest BCUT2D eigenvalue weighted by Crippen LogP contribution is 2.20. The van der Waals surface area contributed by atoms with E-state index in [0.717, 1.165) is 18.4 Å². The van der Waals surface area contributed by atoms with E-state index in [1.54, 1.807) is 12.1 Å². The van der Waals surface area contributed by atoms with Crippen molar-refractivity contribution in [1.29, 1.82) is 0 Å². The van der Waals surface area contributed by atoms with Gasteiger partial charge in [-0.1, -0.05) is 37.1 Å².